The first-order chi connectivity index (χ1) is 11.5. The molecule has 1 aromatic carbocycles. The molecule has 1 aromatic rings. The summed E-state index contributed by atoms with van der Waals surface area (Å²) >= 11 is 11.1. The van der Waals surface area contributed by atoms with Gasteiger partial charge < -0.3 is 5.32 Å². The fourth-order valence-corrected chi connectivity index (χ4v) is 3.60. The van der Waals surface area contributed by atoms with Crippen LogP contribution in [0.3, 0.4) is 0 Å². The number of hydrogen-bond donors (Lipinski definition) is 2. The molecule has 3 nitrogen and oxygen atoms in total. The van der Waals surface area contributed by atoms with E-state index in [-0.39, 0.29) is 21.2 Å². The van der Waals surface area contributed by atoms with E-state index >= 15 is 0 Å². The molecular weight excluding hydrogens is 371 g/mol. The zero-order valence-electron chi connectivity index (χ0n) is 14.3. The van der Waals surface area contributed by atoms with E-state index in [0.717, 1.165) is 37.1 Å². The van der Waals surface area contributed by atoms with Gasteiger partial charge in [-0.25, -0.2) is 0 Å². The normalized spacial score (nSPS) is 21.9. The molecule has 0 unspecified atom stereocenters. The van der Waals surface area contributed by atoms with Crippen molar-refractivity contribution in [3.05, 3.63) is 28.8 Å². The van der Waals surface area contributed by atoms with Gasteiger partial charge >= 0.3 is 6.18 Å². The number of rotatable bonds is 2. The van der Waals surface area contributed by atoms with Gasteiger partial charge in [0.05, 0.1) is 16.3 Å². The van der Waals surface area contributed by atoms with E-state index in [1.54, 1.807) is 0 Å². The van der Waals surface area contributed by atoms with Crippen LogP contribution in [0.1, 0.15) is 45.6 Å². The summed E-state index contributed by atoms with van der Waals surface area (Å²) in [6.07, 6.45) is -1.57. The predicted molar refractivity (Wildman–Crippen MR) is 100 cm³/mol. The Balaban J connectivity index is 2.04. The van der Waals surface area contributed by atoms with Crippen LogP contribution in [0.5, 0.6) is 0 Å². The second-order valence-corrected chi connectivity index (χ2v) is 8.11. The van der Waals surface area contributed by atoms with Crippen molar-refractivity contribution >= 4 is 40.3 Å². The van der Waals surface area contributed by atoms with Gasteiger partial charge in [-0.05, 0) is 61.0 Å². The second-order valence-electron chi connectivity index (χ2n) is 7.29. The number of thiocarbonyl (C=S) groups is 1. The minimum Gasteiger partial charge on any atom is -0.330 e. The third-order valence-corrected chi connectivity index (χ3v) is 4.55. The average Bonchev–Trinajstić information content (AvgIpc) is 2.44. The quantitative estimate of drug-likeness (QED) is 0.490. The summed E-state index contributed by atoms with van der Waals surface area (Å²) in [4.78, 5) is 0. The highest BCUT2D eigenvalue weighted by Gasteiger charge is 2.31. The number of alkyl halides is 3. The Hall–Kier alpha value is -1.34. The molecule has 0 heterocycles. The Labute approximate surface area is 156 Å². The second kappa shape index (κ2) is 7.50. The molecule has 138 valence electrons. The van der Waals surface area contributed by atoms with Gasteiger partial charge in [-0.1, -0.05) is 32.4 Å². The van der Waals surface area contributed by atoms with Gasteiger partial charge in [0.2, 0.25) is 0 Å². The molecule has 1 aliphatic carbocycles. The zero-order valence-corrected chi connectivity index (χ0v) is 15.9. The fourth-order valence-electron chi connectivity index (χ4n) is 3.28. The van der Waals surface area contributed by atoms with Crippen molar-refractivity contribution in [1.29, 1.82) is 0 Å². The van der Waals surface area contributed by atoms with Crippen molar-refractivity contribution in [1.82, 2.24) is 5.43 Å². The summed E-state index contributed by atoms with van der Waals surface area (Å²) in [5, 5.41) is 7.25. The first-order valence-corrected chi connectivity index (χ1v) is 8.74. The minimum absolute atomic E-state index is 0.0894. The van der Waals surface area contributed by atoms with Gasteiger partial charge in [-0.2, -0.15) is 18.3 Å². The summed E-state index contributed by atoms with van der Waals surface area (Å²) in [6, 6.07) is 3.04. The molecule has 1 aliphatic rings. The standard InChI is InChI=1S/C17H21ClF3N3S/c1-10-6-12(9-16(2,3)8-10)23-24-15(25)22-14-7-11(17(19,20)21)4-5-13(14)18/h4-5,7,10H,6,8-9H2,1-3H3,(H2,22,24,25)/b23-12-/t10-/m0/s1. The monoisotopic (exact) mass is 391 g/mol. The maximum Gasteiger partial charge on any atom is 0.416 e. The average molecular weight is 392 g/mol. The van der Waals surface area contributed by atoms with E-state index in [0.29, 0.717) is 5.92 Å². The molecule has 1 fully saturated rings. The molecule has 0 bridgehead atoms. The maximum absolute atomic E-state index is 12.8. The number of nitrogens with one attached hydrogen (secondary N) is 2. The lowest BCUT2D eigenvalue weighted by Gasteiger charge is -2.34. The first kappa shape index (κ1) is 20.0. The highest BCUT2D eigenvalue weighted by atomic mass is 35.5. The molecule has 0 aliphatic heterocycles. The molecule has 25 heavy (non-hydrogen) atoms. The molecule has 0 spiro atoms. The van der Waals surface area contributed by atoms with Gasteiger partial charge in [0.1, 0.15) is 0 Å². The van der Waals surface area contributed by atoms with Crippen LogP contribution in [0.25, 0.3) is 0 Å². The van der Waals surface area contributed by atoms with E-state index in [1.807, 2.05) is 0 Å². The molecular formula is C17H21ClF3N3S. The van der Waals surface area contributed by atoms with Crippen LogP contribution in [0.4, 0.5) is 18.9 Å². The maximum atomic E-state index is 12.8. The number of benzene rings is 1. The molecule has 8 heteroatoms. The molecule has 2 N–H and O–H groups in total. The highest BCUT2D eigenvalue weighted by molar-refractivity contribution is 7.80. The van der Waals surface area contributed by atoms with Crippen LogP contribution in [-0.4, -0.2) is 10.8 Å². The molecule has 1 atom stereocenters. The first-order valence-electron chi connectivity index (χ1n) is 7.95. The molecule has 1 saturated carbocycles. The van der Waals surface area contributed by atoms with Gasteiger partial charge in [0.15, 0.2) is 5.11 Å². The van der Waals surface area contributed by atoms with Crippen LogP contribution in [0, 0.1) is 11.3 Å². The van der Waals surface area contributed by atoms with E-state index in [9.17, 15) is 13.2 Å². The predicted octanol–water partition coefficient (Wildman–Crippen LogP) is 5.85. The summed E-state index contributed by atoms with van der Waals surface area (Å²) in [6.45, 7) is 6.56. The fraction of sp³-hybridized carbons (Fsp3) is 0.529. The van der Waals surface area contributed by atoms with Crippen LogP contribution in [-0.2, 0) is 6.18 Å². The van der Waals surface area contributed by atoms with E-state index in [4.69, 9.17) is 23.8 Å². The van der Waals surface area contributed by atoms with Gasteiger partial charge in [-0.3, -0.25) is 5.43 Å². The largest absolute Gasteiger partial charge is 0.416 e. The Morgan fingerprint density at radius 1 is 1.36 bits per heavy atom. The SMILES string of the molecule is C[C@H]1C/C(=N/NC(=S)Nc2cc(C(F)(F)F)ccc2Cl)CC(C)(C)C1. The Bertz CT molecular complexity index is 686. The minimum atomic E-state index is -4.44. The number of nitrogens with zero attached hydrogens (tertiary/aromatic N) is 1. The zero-order chi connectivity index (χ0) is 18.8. The summed E-state index contributed by atoms with van der Waals surface area (Å²) in [5.74, 6) is 0.531. The highest BCUT2D eigenvalue weighted by Crippen LogP contribution is 2.37. The van der Waals surface area contributed by atoms with Gasteiger partial charge in [-0.15, -0.1) is 0 Å². The number of anilines is 1. The van der Waals surface area contributed by atoms with Gasteiger partial charge in [0, 0.05) is 5.71 Å². The van der Waals surface area contributed by atoms with Crippen LogP contribution in [0.15, 0.2) is 23.3 Å². The lowest BCUT2D eigenvalue weighted by molar-refractivity contribution is -0.137. The van der Waals surface area contributed by atoms with Gasteiger partial charge in [0.25, 0.3) is 0 Å². The molecule has 2 rings (SSSR count). The Morgan fingerprint density at radius 3 is 2.64 bits per heavy atom. The smallest absolute Gasteiger partial charge is 0.330 e. The van der Waals surface area contributed by atoms with E-state index in [2.05, 4.69) is 36.6 Å². The number of hydrazone groups is 1. The third-order valence-electron chi connectivity index (χ3n) is 4.03. The molecule has 0 saturated heterocycles. The van der Waals surface area contributed by atoms with Crippen LogP contribution in [0.2, 0.25) is 5.02 Å². The number of halogens is 4. The lowest BCUT2D eigenvalue weighted by atomic mass is 9.72. The Morgan fingerprint density at radius 2 is 2.04 bits per heavy atom. The molecule has 0 radical (unpaired) electrons. The van der Waals surface area contributed by atoms with Crippen molar-refractivity contribution in [2.24, 2.45) is 16.4 Å². The van der Waals surface area contributed by atoms with Crippen molar-refractivity contribution in [3.63, 3.8) is 0 Å². The van der Waals surface area contributed by atoms with Crippen LogP contribution < -0.4 is 10.7 Å². The lowest BCUT2D eigenvalue weighted by Crippen LogP contribution is -2.31. The van der Waals surface area contributed by atoms with Crippen molar-refractivity contribution < 1.29 is 13.2 Å². The molecule has 0 amide bonds. The van der Waals surface area contributed by atoms with Crippen molar-refractivity contribution in [2.75, 3.05) is 5.32 Å². The van der Waals surface area contributed by atoms with E-state index in [1.165, 1.54) is 6.07 Å². The topological polar surface area (TPSA) is 36.4 Å². The molecule has 0 aromatic heterocycles. The third kappa shape index (κ3) is 5.85. The van der Waals surface area contributed by atoms with Crippen molar-refractivity contribution in [3.8, 4) is 0 Å². The summed E-state index contributed by atoms with van der Waals surface area (Å²) in [7, 11) is 0. The summed E-state index contributed by atoms with van der Waals surface area (Å²) < 4.78 is 38.4. The van der Waals surface area contributed by atoms with E-state index < -0.39 is 11.7 Å². The van der Waals surface area contributed by atoms with Crippen LogP contribution >= 0.6 is 23.8 Å². The number of hydrogen-bond acceptors (Lipinski definition) is 2. The Kier molecular flexibility index (Phi) is 5.99. The summed E-state index contributed by atoms with van der Waals surface area (Å²) in [5.41, 5.74) is 3.19. The van der Waals surface area contributed by atoms with Crippen molar-refractivity contribution in [2.45, 2.75) is 46.2 Å².